The van der Waals surface area contributed by atoms with Crippen molar-refractivity contribution in [2.24, 2.45) is 0 Å². The number of carbonyl (C=O) groups excluding carboxylic acids is 1. The van der Waals surface area contributed by atoms with Crippen molar-refractivity contribution >= 4 is 34.5 Å². The van der Waals surface area contributed by atoms with Gasteiger partial charge in [-0.3, -0.25) is 4.79 Å². The number of nitrogens with zero attached hydrogens (tertiary/aromatic N) is 4. The molecule has 3 aromatic rings. The molecule has 2 heterocycles. The summed E-state index contributed by atoms with van der Waals surface area (Å²) in [4.78, 5) is 26.0. The Kier molecular flexibility index (Phi) is 6.97. The van der Waals surface area contributed by atoms with Gasteiger partial charge in [-0.15, -0.1) is 13.2 Å². The number of likely N-dealkylation sites (N-methyl/N-ethyl adjacent to an activating group) is 1. The van der Waals surface area contributed by atoms with E-state index < -0.39 is 6.36 Å². The maximum atomic E-state index is 12.3. The van der Waals surface area contributed by atoms with Gasteiger partial charge in [0.15, 0.2) is 0 Å². The third-order valence-electron chi connectivity index (χ3n) is 5.38. The summed E-state index contributed by atoms with van der Waals surface area (Å²) < 4.78 is 40.5. The Morgan fingerprint density at radius 3 is 2.65 bits per heavy atom. The minimum atomic E-state index is -4.74. The molecule has 0 saturated carbocycles. The standard InChI is InChI=1S/C24H24F3N5O2/c1-31-11-2-12-32(14-13-31)23-28-16-18-15-19(6-9-21(18)30-23)29-22(33)10-5-17-3-7-20(8-4-17)34-24(25,26)27/h3-10,15-16H,2,11-14H2,1H3,(H,29,33). The molecule has 0 aliphatic carbocycles. The Bertz CT molecular complexity index is 1180. The number of anilines is 2. The number of rotatable bonds is 5. The van der Waals surface area contributed by atoms with Gasteiger partial charge in [0, 0.05) is 43.0 Å². The highest BCUT2D eigenvalue weighted by molar-refractivity contribution is 6.02. The lowest BCUT2D eigenvalue weighted by atomic mass is 10.2. The van der Waals surface area contributed by atoms with E-state index in [0.717, 1.165) is 43.5 Å². The van der Waals surface area contributed by atoms with Gasteiger partial charge < -0.3 is 19.9 Å². The van der Waals surface area contributed by atoms with Gasteiger partial charge in [-0.1, -0.05) is 12.1 Å². The predicted octanol–water partition coefficient (Wildman–Crippen LogP) is 4.32. The molecule has 1 aromatic heterocycles. The van der Waals surface area contributed by atoms with Crippen LogP contribution in [-0.4, -0.2) is 60.4 Å². The van der Waals surface area contributed by atoms with E-state index in [4.69, 9.17) is 0 Å². The minimum Gasteiger partial charge on any atom is -0.406 e. The molecule has 0 atom stereocenters. The van der Waals surface area contributed by atoms with Crippen molar-refractivity contribution in [1.82, 2.24) is 14.9 Å². The number of hydrogen-bond acceptors (Lipinski definition) is 6. The van der Waals surface area contributed by atoms with E-state index >= 15 is 0 Å². The predicted molar refractivity (Wildman–Crippen MR) is 125 cm³/mol. The van der Waals surface area contributed by atoms with E-state index in [-0.39, 0.29) is 11.7 Å². The Morgan fingerprint density at radius 1 is 1.09 bits per heavy atom. The second-order valence-corrected chi connectivity index (χ2v) is 8.03. The average Bonchev–Trinajstić information content (AvgIpc) is 3.02. The maximum Gasteiger partial charge on any atom is 0.573 e. The molecule has 0 bridgehead atoms. The Hall–Kier alpha value is -3.66. The van der Waals surface area contributed by atoms with Crippen LogP contribution in [0.15, 0.2) is 54.7 Å². The van der Waals surface area contributed by atoms with Crippen LogP contribution < -0.4 is 15.0 Å². The molecule has 1 N–H and O–H groups in total. The molecule has 1 aliphatic heterocycles. The molecular formula is C24H24F3N5O2. The van der Waals surface area contributed by atoms with Crippen molar-refractivity contribution in [2.45, 2.75) is 12.8 Å². The first-order chi connectivity index (χ1) is 16.2. The van der Waals surface area contributed by atoms with Gasteiger partial charge in [-0.2, -0.15) is 0 Å². The largest absolute Gasteiger partial charge is 0.573 e. The van der Waals surface area contributed by atoms with Gasteiger partial charge in [0.1, 0.15) is 5.75 Å². The molecule has 1 amide bonds. The molecule has 0 unspecified atom stereocenters. The van der Waals surface area contributed by atoms with Crippen LogP contribution in [0.1, 0.15) is 12.0 Å². The zero-order chi connectivity index (χ0) is 24.1. The lowest BCUT2D eigenvalue weighted by molar-refractivity contribution is -0.274. The number of aromatic nitrogens is 2. The van der Waals surface area contributed by atoms with Crippen molar-refractivity contribution in [1.29, 1.82) is 0 Å². The van der Waals surface area contributed by atoms with Crippen LogP contribution in [0.3, 0.4) is 0 Å². The maximum absolute atomic E-state index is 12.3. The zero-order valence-corrected chi connectivity index (χ0v) is 18.5. The first-order valence-corrected chi connectivity index (χ1v) is 10.8. The summed E-state index contributed by atoms with van der Waals surface area (Å²) in [6.45, 7) is 3.81. The molecule has 0 spiro atoms. The van der Waals surface area contributed by atoms with Crippen LogP contribution in [0, 0.1) is 0 Å². The van der Waals surface area contributed by atoms with E-state index in [0.29, 0.717) is 17.2 Å². The molecular weight excluding hydrogens is 447 g/mol. The van der Waals surface area contributed by atoms with Crippen molar-refractivity contribution in [3.63, 3.8) is 0 Å². The summed E-state index contributed by atoms with van der Waals surface area (Å²) in [6, 6.07) is 10.6. The second-order valence-electron chi connectivity index (χ2n) is 8.03. The molecule has 1 aliphatic rings. The molecule has 4 rings (SSSR count). The highest BCUT2D eigenvalue weighted by atomic mass is 19.4. The van der Waals surface area contributed by atoms with Gasteiger partial charge in [0.2, 0.25) is 11.9 Å². The second kappa shape index (κ2) is 10.1. The number of carbonyl (C=O) groups is 1. The van der Waals surface area contributed by atoms with Gasteiger partial charge in [0.05, 0.1) is 5.52 Å². The Labute approximate surface area is 194 Å². The van der Waals surface area contributed by atoms with Crippen LogP contribution in [0.4, 0.5) is 24.8 Å². The van der Waals surface area contributed by atoms with Crippen molar-refractivity contribution in [2.75, 3.05) is 43.4 Å². The van der Waals surface area contributed by atoms with Gasteiger partial charge in [-0.25, -0.2) is 9.97 Å². The number of nitrogens with one attached hydrogen (secondary N) is 1. The lowest BCUT2D eigenvalue weighted by Crippen LogP contribution is -2.30. The molecule has 1 saturated heterocycles. The fourth-order valence-electron chi connectivity index (χ4n) is 3.64. The monoisotopic (exact) mass is 471 g/mol. The molecule has 10 heteroatoms. The number of fused-ring (bicyclic) bond motifs is 1. The minimum absolute atomic E-state index is 0.321. The molecule has 34 heavy (non-hydrogen) atoms. The van der Waals surface area contributed by atoms with E-state index in [9.17, 15) is 18.0 Å². The van der Waals surface area contributed by atoms with Crippen LogP contribution >= 0.6 is 0 Å². The lowest BCUT2D eigenvalue weighted by Gasteiger charge is -2.20. The van der Waals surface area contributed by atoms with E-state index in [1.54, 1.807) is 18.3 Å². The van der Waals surface area contributed by atoms with E-state index in [1.165, 1.54) is 36.4 Å². The van der Waals surface area contributed by atoms with Crippen molar-refractivity contribution in [3.05, 3.63) is 60.3 Å². The molecule has 7 nitrogen and oxygen atoms in total. The fraction of sp³-hybridized carbons (Fsp3) is 0.292. The van der Waals surface area contributed by atoms with Gasteiger partial charge in [0.25, 0.3) is 0 Å². The normalized spacial score (nSPS) is 15.5. The summed E-state index contributed by atoms with van der Waals surface area (Å²) in [7, 11) is 2.11. The zero-order valence-electron chi connectivity index (χ0n) is 18.5. The Balaban J connectivity index is 1.38. The van der Waals surface area contributed by atoms with Crippen LogP contribution in [-0.2, 0) is 4.79 Å². The summed E-state index contributed by atoms with van der Waals surface area (Å²) >= 11 is 0. The summed E-state index contributed by atoms with van der Waals surface area (Å²) in [5.74, 6) is 0.00850. The fourth-order valence-corrected chi connectivity index (χ4v) is 3.64. The quantitative estimate of drug-likeness (QED) is 0.559. The number of hydrogen-bond donors (Lipinski definition) is 1. The first kappa shape index (κ1) is 23.5. The first-order valence-electron chi connectivity index (χ1n) is 10.8. The molecule has 178 valence electrons. The summed E-state index contributed by atoms with van der Waals surface area (Å²) in [5, 5.41) is 3.57. The van der Waals surface area contributed by atoms with Crippen LogP contribution in [0.5, 0.6) is 5.75 Å². The number of halogens is 3. The van der Waals surface area contributed by atoms with Gasteiger partial charge >= 0.3 is 6.36 Å². The SMILES string of the molecule is CN1CCCN(c2ncc3cc(NC(=O)C=Cc4ccc(OC(F)(F)F)cc4)ccc3n2)CC1. The van der Waals surface area contributed by atoms with E-state index in [1.807, 2.05) is 6.07 Å². The van der Waals surface area contributed by atoms with Crippen molar-refractivity contribution in [3.8, 4) is 5.75 Å². The number of ether oxygens (including phenoxy) is 1. The van der Waals surface area contributed by atoms with Crippen LogP contribution in [0.2, 0.25) is 0 Å². The highest BCUT2D eigenvalue weighted by Crippen LogP contribution is 2.23. The molecule has 2 aromatic carbocycles. The smallest absolute Gasteiger partial charge is 0.406 e. The third-order valence-corrected chi connectivity index (χ3v) is 5.38. The van der Waals surface area contributed by atoms with E-state index in [2.05, 4.69) is 36.9 Å². The van der Waals surface area contributed by atoms with Crippen LogP contribution in [0.25, 0.3) is 17.0 Å². The Morgan fingerprint density at radius 2 is 1.88 bits per heavy atom. The van der Waals surface area contributed by atoms with Crippen molar-refractivity contribution < 1.29 is 22.7 Å². The number of amides is 1. The summed E-state index contributed by atoms with van der Waals surface area (Å²) in [6.07, 6.45) is 0.874. The third kappa shape index (κ3) is 6.44. The molecule has 1 fully saturated rings. The van der Waals surface area contributed by atoms with Gasteiger partial charge in [-0.05, 0) is 62.0 Å². The average molecular weight is 471 g/mol. The number of benzene rings is 2. The number of alkyl halides is 3. The topological polar surface area (TPSA) is 70.6 Å². The molecule has 0 radical (unpaired) electrons. The summed E-state index contributed by atoms with van der Waals surface area (Å²) in [5.41, 5.74) is 1.94. The highest BCUT2D eigenvalue weighted by Gasteiger charge is 2.30.